The van der Waals surface area contributed by atoms with Gasteiger partial charge in [-0.2, -0.15) is 0 Å². The van der Waals surface area contributed by atoms with Gasteiger partial charge in [-0.1, -0.05) is 36.2 Å². The topological polar surface area (TPSA) is 158 Å². The molecule has 3 heterocycles. The van der Waals surface area contributed by atoms with E-state index in [1.807, 2.05) is 6.92 Å². The van der Waals surface area contributed by atoms with Crippen LogP contribution in [-0.4, -0.2) is 68.9 Å². The average Bonchev–Trinajstić information content (AvgIpc) is 3.12. The number of aliphatic hydroxyl groups is 2. The van der Waals surface area contributed by atoms with Crippen LogP contribution in [0.15, 0.2) is 23.2 Å². The second-order valence-electron chi connectivity index (χ2n) is 7.23. The van der Waals surface area contributed by atoms with Crippen LogP contribution in [0.5, 0.6) is 0 Å². The number of carbonyl (C=O) groups excluding carboxylic acids is 1. The fraction of sp³-hybridized carbons (Fsp3) is 0.471. The van der Waals surface area contributed by atoms with E-state index in [9.17, 15) is 15.0 Å². The van der Waals surface area contributed by atoms with Crippen molar-refractivity contribution in [2.24, 2.45) is 16.5 Å². The summed E-state index contributed by atoms with van der Waals surface area (Å²) in [6.07, 6.45) is -0.782. The lowest BCUT2D eigenvalue weighted by molar-refractivity contribution is -0.623. The van der Waals surface area contributed by atoms with Gasteiger partial charge in [0.05, 0.1) is 15.6 Å². The molecule has 3 aliphatic rings. The molecule has 1 fully saturated rings. The molecule has 1 saturated heterocycles. The zero-order valence-electron chi connectivity index (χ0n) is 15.4. The maximum Gasteiger partial charge on any atom is 0.346 e. The summed E-state index contributed by atoms with van der Waals surface area (Å²) >= 11 is 12.0. The van der Waals surface area contributed by atoms with Crippen LogP contribution in [0.4, 0.5) is 0 Å². The van der Waals surface area contributed by atoms with Crippen LogP contribution in [0.25, 0.3) is 0 Å². The Morgan fingerprint density at radius 3 is 2.83 bits per heavy atom. The monoisotopic (exact) mass is 443 g/mol. The summed E-state index contributed by atoms with van der Waals surface area (Å²) in [7, 11) is 0. The van der Waals surface area contributed by atoms with E-state index in [0.717, 1.165) is 0 Å². The number of nitrogens with two attached hydrogens (primary N) is 2. The Hall–Kier alpha value is -2.27. The first-order valence-corrected chi connectivity index (χ1v) is 9.76. The molecule has 4 rings (SSSR count). The third kappa shape index (κ3) is 2.67. The summed E-state index contributed by atoms with van der Waals surface area (Å²) in [5.74, 6) is -3.19. The first kappa shape index (κ1) is 20.0. The summed E-state index contributed by atoms with van der Waals surface area (Å²) in [4.78, 5) is 17.0. The van der Waals surface area contributed by atoms with E-state index in [1.165, 1.54) is 22.8 Å². The standard InChI is InChI=1S/C17H20Cl2N6O4/c1-2-9-12-16(24-14(20)23-12)17(27,28)10(6-25(16)15(21)22-9)29-13(26)7-4-3-5-8(18)11(7)19/h3-5,9-10,12,27-28H,2,6H2,1H3,(H5,20,21,22,23,24)/p+1/t9-,10-,12-,16-/m0/s1. The quantitative estimate of drug-likeness (QED) is 0.195. The fourth-order valence-electron chi connectivity index (χ4n) is 4.28. The number of nitrogens with one attached hydrogen (secondary N) is 2. The molecule has 0 bridgehead atoms. The van der Waals surface area contributed by atoms with Crippen molar-refractivity contribution in [2.75, 3.05) is 6.54 Å². The van der Waals surface area contributed by atoms with Crippen molar-refractivity contribution in [3.63, 3.8) is 0 Å². The van der Waals surface area contributed by atoms with Crippen LogP contribution in [0.2, 0.25) is 10.0 Å². The van der Waals surface area contributed by atoms with E-state index in [1.54, 1.807) is 0 Å². The zero-order chi connectivity index (χ0) is 21.1. The van der Waals surface area contributed by atoms with Crippen LogP contribution < -0.4 is 22.1 Å². The first-order chi connectivity index (χ1) is 13.6. The minimum absolute atomic E-state index is 0.00513. The van der Waals surface area contributed by atoms with E-state index >= 15 is 0 Å². The van der Waals surface area contributed by atoms with Gasteiger partial charge in [-0.3, -0.25) is 11.1 Å². The molecular weight excluding hydrogens is 423 g/mol. The lowest BCUT2D eigenvalue weighted by atomic mass is 9.85. The van der Waals surface area contributed by atoms with E-state index in [0.29, 0.717) is 6.42 Å². The second kappa shape index (κ2) is 6.63. The van der Waals surface area contributed by atoms with Gasteiger partial charge in [0.25, 0.3) is 5.79 Å². The van der Waals surface area contributed by atoms with Crippen LogP contribution in [0, 0.1) is 0 Å². The van der Waals surface area contributed by atoms with Gasteiger partial charge in [0, 0.05) is 0 Å². The molecule has 4 atom stereocenters. The Morgan fingerprint density at radius 1 is 1.41 bits per heavy atom. The second-order valence-corrected chi connectivity index (χ2v) is 8.01. The van der Waals surface area contributed by atoms with Gasteiger partial charge in [0.15, 0.2) is 12.1 Å². The Kier molecular flexibility index (Phi) is 4.57. The Morgan fingerprint density at radius 2 is 2.14 bits per heavy atom. The van der Waals surface area contributed by atoms with Gasteiger partial charge in [-0.15, -0.1) is 0 Å². The normalized spacial score (nSPS) is 32.0. The van der Waals surface area contributed by atoms with Crippen molar-refractivity contribution in [3.8, 4) is 0 Å². The number of rotatable bonds is 3. The zero-order valence-corrected chi connectivity index (χ0v) is 16.9. The maximum atomic E-state index is 12.7. The lowest BCUT2D eigenvalue weighted by Gasteiger charge is -2.43. The smallest absolute Gasteiger partial charge is 0.346 e. The predicted octanol–water partition coefficient (Wildman–Crippen LogP) is -1.09. The molecule has 0 aliphatic carbocycles. The highest BCUT2D eigenvalue weighted by atomic mass is 35.5. The molecule has 12 heteroatoms. The number of ether oxygens (including phenoxy) is 1. The van der Waals surface area contributed by atoms with Crippen molar-refractivity contribution >= 4 is 41.1 Å². The van der Waals surface area contributed by atoms with Crippen LogP contribution >= 0.6 is 23.2 Å². The molecule has 0 radical (unpaired) electrons. The third-order valence-corrected chi connectivity index (χ3v) is 6.49. The molecule has 1 aromatic carbocycles. The van der Waals surface area contributed by atoms with Gasteiger partial charge < -0.3 is 26.0 Å². The van der Waals surface area contributed by atoms with Crippen LogP contribution in [-0.2, 0) is 4.74 Å². The summed E-state index contributed by atoms with van der Waals surface area (Å²) in [6, 6.07) is 3.50. The van der Waals surface area contributed by atoms with E-state index in [-0.39, 0.29) is 40.1 Å². The SMILES string of the molecule is CC[C@@H]1NC(N)=[N+]2C[C@H](OC(=O)c3cccc(Cl)c3Cl)C(O)(O)[C@@]23NC(N)=N[C@@H]13. The molecule has 1 spiro atoms. The van der Waals surface area contributed by atoms with Crippen LogP contribution in [0.3, 0.4) is 0 Å². The molecule has 3 aliphatic heterocycles. The van der Waals surface area contributed by atoms with Crippen LogP contribution in [0.1, 0.15) is 23.7 Å². The maximum absolute atomic E-state index is 12.7. The Balaban J connectivity index is 1.72. The Labute approximate surface area is 176 Å². The fourth-order valence-corrected chi connectivity index (χ4v) is 4.66. The summed E-state index contributed by atoms with van der Waals surface area (Å²) in [6.45, 7) is 1.79. The summed E-state index contributed by atoms with van der Waals surface area (Å²) in [5, 5.41) is 28.5. The van der Waals surface area contributed by atoms with Gasteiger partial charge in [0.1, 0.15) is 18.6 Å². The number of guanidine groups is 2. The number of esters is 1. The van der Waals surface area contributed by atoms with E-state index < -0.39 is 29.6 Å². The number of hydrogen-bond acceptors (Lipinski definition) is 9. The van der Waals surface area contributed by atoms with Crippen molar-refractivity contribution in [2.45, 2.75) is 43.0 Å². The van der Waals surface area contributed by atoms with E-state index in [4.69, 9.17) is 39.4 Å². The number of aliphatic imine (C=N–C) groups is 1. The molecule has 10 nitrogen and oxygen atoms in total. The Bertz CT molecular complexity index is 952. The molecular formula is C17H21Cl2N6O4+. The number of benzene rings is 1. The first-order valence-electron chi connectivity index (χ1n) is 9.01. The van der Waals surface area contributed by atoms with Crippen molar-refractivity contribution < 1.29 is 24.3 Å². The molecule has 0 unspecified atom stereocenters. The van der Waals surface area contributed by atoms with Gasteiger partial charge in [-0.25, -0.2) is 14.4 Å². The molecule has 156 valence electrons. The van der Waals surface area contributed by atoms with E-state index in [2.05, 4.69) is 15.6 Å². The number of halogens is 2. The average molecular weight is 444 g/mol. The molecule has 29 heavy (non-hydrogen) atoms. The highest BCUT2D eigenvalue weighted by Crippen LogP contribution is 2.43. The van der Waals surface area contributed by atoms with Gasteiger partial charge in [0.2, 0.25) is 5.66 Å². The summed E-state index contributed by atoms with van der Waals surface area (Å²) in [5.41, 5.74) is 10.4. The molecule has 8 N–H and O–H groups in total. The van der Waals surface area contributed by atoms with Crippen molar-refractivity contribution in [3.05, 3.63) is 33.8 Å². The molecule has 1 aromatic rings. The largest absolute Gasteiger partial charge is 0.449 e. The highest BCUT2D eigenvalue weighted by molar-refractivity contribution is 6.43. The van der Waals surface area contributed by atoms with Gasteiger partial charge >= 0.3 is 11.9 Å². The summed E-state index contributed by atoms with van der Waals surface area (Å²) < 4.78 is 6.92. The lowest BCUT2D eigenvalue weighted by Crippen LogP contribution is -2.78. The molecule has 0 amide bonds. The minimum Gasteiger partial charge on any atom is -0.449 e. The molecule has 0 saturated carbocycles. The minimum atomic E-state index is -2.57. The predicted molar refractivity (Wildman–Crippen MR) is 106 cm³/mol. The number of nitrogens with zero attached hydrogens (tertiary/aromatic N) is 2. The third-order valence-electron chi connectivity index (χ3n) is 5.67. The van der Waals surface area contributed by atoms with Crippen molar-refractivity contribution in [1.29, 1.82) is 0 Å². The number of carbonyl (C=O) groups is 1. The molecule has 0 aromatic heterocycles. The number of hydrogen-bond donors (Lipinski definition) is 6. The van der Waals surface area contributed by atoms with Crippen molar-refractivity contribution in [1.82, 2.24) is 10.6 Å². The van der Waals surface area contributed by atoms with Gasteiger partial charge in [-0.05, 0) is 18.6 Å². The highest BCUT2D eigenvalue weighted by Gasteiger charge is 2.75.